The van der Waals surface area contributed by atoms with Crippen molar-refractivity contribution in [2.45, 2.75) is 86.2 Å². The van der Waals surface area contributed by atoms with Crippen LogP contribution in [-0.2, 0) is 0 Å². The van der Waals surface area contributed by atoms with Gasteiger partial charge in [0.1, 0.15) is 0 Å². The first-order valence-corrected chi connectivity index (χ1v) is 7.07. The monoisotopic (exact) mass is 239 g/mol. The minimum Gasteiger partial charge on any atom is -0.307 e. The molecule has 1 heterocycles. The SMILES string of the molecule is CC1C(C)(C)CC(C)(C)NC(C)(C)CC1(C)C. The first kappa shape index (κ1) is 15.0. The van der Waals surface area contributed by atoms with Gasteiger partial charge >= 0.3 is 0 Å². The predicted octanol–water partition coefficient (Wildman–Crippen LogP) is 4.62. The maximum absolute atomic E-state index is 3.87. The maximum Gasteiger partial charge on any atom is 0.0135 e. The molecule has 0 atom stereocenters. The highest BCUT2D eigenvalue weighted by Crippen LogP contribution is 2.50. The molecule has 1 heteroatoms. The number of hydrogen-bond acceptors (Lipinski definition) is 1. The summed E-state index contributed by atoms with van der Waals surface area (Å²) < 4.78 is 0. The van der Waals surface area contributed by atoms with Gasteiger partial charge in [0.2, 0.25) is 0 Å². The Balaban J connectivity index is 3.12. The van der Waals surface area contributed by atoms with Gasteiger partial charge in [-0.2, -0.15) is 0 Å². The highest BCUT2D eigenvalue weighted by molar-refractivity contribution is 5.01. The Morgan fingerprint density at radius 1 is 0.706 bits per heavy atom. The molecule has 1 aliphatic heterocycles. The first-order chi connectivity index (χ1) is 7.28. The van der Waals surface area contributed by atoms with E-state index in [1.807, 2.05) is 0 Å². The fraction of sp³-hybridized carbons (Fsp3) is 1.00. The zero-order valence-electron chi connectivity index (χ0n) is 13.5. The molecule has 1 N–H and O–H groups in total. The zero-order chi connectivity index (χ0) is 13.7. The Morgan fingerprint density at radius 2 is 1.00 bits per heavy atom. The number of nitrogens with one attached hydrogen (secondary N) is 1. The Labute approximate surface area is 109 Å². The summed E-state index contributed by atoms with van der Waals surface area (Å²) in [6, 6.07) is 0. The van der Waals surface area contributed by atoms with E-state index in [4.69, 9.17) is 0 Å². The first-order valence-electron chi connectivity index (χ1n) is 7.07. The second kappa shape index (κ2) is 3.98. The third-order valence-corrected chi connectivity index (χ3v) is 4.82. The molecule has 0 aromatic rings. The van der Waals surface area contributed by atoms with E-state index in [0.29, 0.717) is 10.8 Å². The summed E-state index contributed by atoms with van der Waals surface area (Å²) in [5.41, 5.74) is 1.21. The van der Waals surface area contributed by atoms with Crippen LogP contribution in [0.1, 0.15) is 75.2 Å². The van der Waals surface area contributed by atoms with Crippen LogP contribution < -0.4 is 5.32 Å². The Kier molecular flexibility index (Phi) is 3.52. The molecule has 0 aromatic heterocycles. The van der Waals surface area contributed by atoms with Crippen LogP contribution in [0.3, 0.4) is 0 Å². The molecule has 17 heavy (non-hydrogen) atoms. The molecule has 0 aliphatic carbocycles. The lowest BCUT2D eigenvalue weighted by molar-refractivity contribution is -0.00121. The lowest BCUT2D eigenvalue weighted by Crippen LogP contribution is -2.59. The average molecular weight is 239 g/mol. The summed E-state index contributed by atoms with van der Waals surface area (Å²) in [6.45, 7) is 21.6. The minimum atomic E-state index is 0.220. The van der Waals surface area contributed by atoms with Gasteiger partial charge in [0, 0.05) is 11.1 Å². The molecule has 102 valence electrons. The number of hydrogen-bond donors (Lipinski definition) is 1. The molecule has 0 spiro atoms. The van der Waals surface area contributed by atoms with Gasteiger partial charge in [0.15, 0.2) is 0 Å². The van der Waals surface area contributed by atoms with Crippen molar-refractivity contribution in [3.05, 3.63) is 0 Å². The van der Waals surface area contributed by atoms with Gasteiger partial charge < -0.3 is 5.32 Å². The maximum atomic E-state index is 3.87. The summed E-state index contributed by atoms with van der Waals surface area (Å²) in [5, 5.41) is 3.87. The average Bonchev–Trinajstić information content (AvgIpc) is 1.93. The smallest absolute Gasteiger partial charge is 0.0135 e. The molecule has 1 nitrogen and oxygen atoms in total. The van der Waals surface area contributed by atoms with Crippen molar-refractivity contribution in [3.8, 4) is 0 Å². The molecule has 1 aliphatic rings. The number of rotatable bonds is 0. The van der Waals surface area contributed by atoms with Crippen LogP contribution in [0, 0.1) is 16.7 Å². The van der Waals surface area contributed by atoms with Crippen LogP contribution in [0.4, 0.5) is 0 Å². The van der Waals surface area contributed by atoms with Gasteiger partial charge in [-0.25, -0.2) is 0 Å². The highest BCUT2D eigenvalue weighted by atomic mass is 15.0. The van der Waals surface area contributed by atoms with E-state index in [2.05, 4.69) is 67.6 Å². The predicted molar refractivity (Wildman–Crippen MR) is 77.3 cm³/mol. The van der Waals surface area contributed by atoms with Crippen molar-refractivity contribution in [1.29, 1.82) is 0 Å². The summed E-state index contributed by atoms with van der Waals surface area (Å²) in [7, 11) is 0. The van der Waals surface area contributed by atoms with E-state index in [1.165, 1.54) is 12.8 Å². The van der Waals surface area contributed by atoms with E-state index in [-0.39, 0.29) is 11.1 Å². The van der Waals surface area contributed by atoms with Crippen molar-refractivity contribution in [1.82, 2.24) is 5.32 Å². The van der Waals surface area contributed by atoms with Crippen LogP contribution in [0.15, 0.2) is 0 Å². The van der Waals surface area contributed by atoms with Gasteiger partial charge in [-0.15, -0.1) is 0 Å². The van der Waals surface area contributed by atoms with Crippen LogP contribution in [-0.4, -0.2) is 11.1 Å². The van der Waals surface area contributed by atoms with Gasteiger partial charge in [-0.05, 0) is 57.3 Å². The summed E-state index contributed by atoms with van der Waals surface area (Å²) in [6.07, 6.45) is 2.46. The molecule has 1 saturated heterocycles. The third-order valence-electron chi connectivity index (χ3n) is 4.82. The molecule has 1 fully saturated rings. The molecule has 0 amide bonds. The Bertz CT molecular complexity index is 256. The molecule has 0 aromatic carbocycles. The second-order valence-electron chi connectivity index (χ2n) is 8.95. The van der Waals surface area contributed by atoms with Crippen molar-refractivity contribution in [2.75, 3.05) is 0 Å². The highest BCUT2D eigenvalue weighted by Gasteiger charge is 2.46. The van der Waals surface area contributed by atoms with E-state index < -0.39 is 0 Å². The summed E-state index contributed by atoms with van der Waals surface area (Å²) in [5.74, 6) is 0.732. The molecule has 0 unspecified atom stereocenters. The van der Waals surface area contributed by atoms with Crippen LogP contribution >= 0.6 is 0 Å². The van der Waals surface area contributed by atoms with Crippen LogP contribution in [0.2, 0.25) is 0 Å². The van der Waals surface area contributed by atoms with Gasteiger partial charge in [-0.3, -0.25) is 0 Å². The summed E-state index contributed by atoms with van der Waals surface area (Å²) in [4.78, 5) is 0. The molecule has 0 radical (unpaired) electrons. The van der Waals surface area contributed by atoms with Crippen LogP contribution in [0.5, 0.6) is 0 Å². The third kappa shape index (κ3) is 3.47. The normalized spacial score (nSPS) is 31.6. The van der Waals surface area contributed by atoms with Crippen molar-refractivity contribution in [3.63, 3.8) is 0 Å². The van der Waals surface area contributed by atoms with Gasteiger partial charge in [0.05, 0.1) is 0 Å². The molecular weight excluding hydrogens is 206 g/mol. The van der Waals surface area contributed by atoms with Crippen molar-refractivity contribution in [2.24, 2.45) is 16.7 Å². The molecule has 0 saturated carbocycles. The quantitative estimate of drug-likeness (QED) is 0.650. The van der Waals surface area contributed by atoms with E-state index in [1.54, 1.807) is 0 Å². The lowest BCUT2D eigenvalue weighted by atomic mass is 9.57. The standard InChI is InChI=1S/C16H33N/c1-12-13(2,3)10-15(6,7)17-16(8,9)11-14(12,4)5/h12,17H,10-11H2,1-9H3. The molecule has 0 bridgehead atoms. The van der Waals surface area contributed by atoms with Gasteiger partial charge in [0.25, 0.3) is 0 Å². The summed E-state index contributed by atoms with van der Waals surface area (Å²) >= 11 is 0. The zero-order valence-corrected chi connectivity index (χ0v) is 13.5. The fourth-order valence-corrected chi connectivity index (χ4v) is 4.65. The molecule has 1 rings (SSSR count). The lowest BCUT2D eigenvalue weighted by Gasteiger charge is -2.54. The molecular formula is C16H33N. The van der Waals surface area contributed by atoms with E-state index in [0.717, 1.165) is 5.92 Å². The van der Waals surface area contributed by atoms with Crippen LogP contribution in [0.25, 0.3) is 0 Å². The second-order valence-corrected chi connectivity index (χ2v) is 8.95. The van der Waals surface area contributed by atoms with Gasteiger partial charge in [-0.1, -0.05) is 34.6 Å². The van der Waals surface area contributed by atoms with E-state index >= 15 is 0 Å². The Morgan fingerprint density at radius 3 is 1.29 bits per heavy atom. The minimum absolute atomic E-state index is 0.220. The Hall–Kier alpha value is -0.0400. The van der Waals surface area contributed by atoms with Crippen molar-refractivity contribution < 1.29 is 0 Å². The fourth-order valence-electron chi connectivity index (χ4n) is 4.65. The van der Waals surface area contributed by atoms with Crippen molar-refractivity contribution >= 4 is 0 Å². The van der Waals surface area contributed by atoms with E-state index in [9.17, 15) is 0 Å². The topological polar surface area (TPSA) is 12.0 Å². The largest absolute Gasteiger partial charge is 0.307 e.